The number of ether oxygens (including phenoxy) is 4. The Morgan fingerprint density at radius 1 is 1.00 bits per heavy atom. The van der Waals surface area contributed by atoms with E-state index in [0.29, 0.717) is 0 Å². The van der Waals surface area contributed by atoms with Gasteiger partial charge in [-0.1, -0.05) is 0 Å². The van der Waals surface area contributed by atoms with E-state index in [2.05, 4.69) is 0 Å². The molecule has 0 aliphatic carbocycles. The molecule has 2 heterocycles. The number of esters is 1. The molecule has 33 heavy (non-hydrogen) atoms. The molecule has 0 saturated carbocycles. The maximum Gasteiger partial charge on any atom is 1.00 e. The molecule has 16 heteroatoms. The van der Waals surface area contributed by atoms with Crippen LogP contribution in [0, 0.1) is 0 Å². The number of aliphatic carboxylic acids is 1. The summed E-state index contributed by atoms with van der Waals surface area (Å²) in [4.78, 5) is 22.7. The molecule has 0 amide bonds. The van der Waals surface area contributed by atoms with Crippen molar-refractivity contribution in [2.24, 2.45) is 5.73 Å². The van der Waals surface area contributed by atoms with Crippen molar-refractivity contribution in [2.45, 2.75) is 73.7 Å². The normalized spacial score (nSPS) is 39.5. The largest absolute Gasteiger partial charge is 1.00 e. The van der Waals surface area contributed by atoms with E-state index in [-0.39, 0.29) is 37.4 Å². The Balaban J connectivity index is 0.00000544. The minimum Gasteiger partial charge on any atom is -1.00 e. The monoisotopic (exact) mass is 495 g/mol. The number of hydrogen-bond acceptors (Lipinski definition) is 14. The number of carboxylic acid groups (broad SMARTS) is 1. The molecule has 0 radical (unpaired) electrons. The second-order valence-electron chi connectivity index (χ2n) is 7.55. The number of rotatable bonds is 10. The van der Waals surface area contributed by atoms with Gasteiger partial charge in [0.05, 0.1) is 13.2 Å². The van der Waals surface area contributed by atoms with Gasteiger partial charge in [-0.2, -0.15) is 0 Å². The number of aliphatic hydroxyl groups excluding tert-OH is 7. The second kappa shape index (κ2) is 13.0. The molecule has 10 N–H and O–H groups in total. The van der Waals surface area contributed by atoms with Gasteiger partial charge in [0.1, 0.15) is 55.4 Å². The summed E-state index contributed by atoms with van der Waals surface area (Å²) in [5, 5.41) is 78.0. The fraction of sp³-hybridized carbons (Fsp3) is 0.882. The molecule has 0 spiro atoms. The van der Waals surface area contributed by atoms with Gasteiger partial charge in [0.2, 0.25) is 5.79 Å². The molecule has 0 aromatic rings. The molecule has 188 valence electrons. The van der Waals surface area contributed by atoms with Crippen LogP contribution in [-0.2, 0) is 28.5 Å². The molecule has 2 aliphatic rings. The summed E-state index contributed by atoms with van der Waals surface area (Å²) in [7, 11) is 0. The van der Waals surface area contributed by atoms with Crippen LogP contribution in [-0.4, -0.2) is 133 Å². The van der Waals surface area contributed by atoms with E-state index in [9.17, 15) is 45.3 Å². The summed E-state index contributed by atoms with van der Waals surface area (Å²) in [6, 6.07) is -1.32. The molecule has 0 bridgehead atoms. The van der Waals surface area contributed by atoms with E-state index in [1.54, 1.807) is 0 Å². The van der Waals surface area contributed by atoms with Crippen molar-refractivity contribution < 1.29 is 100 Å². The van der Waals surface area contributed by atoms with Gasteiger partial charge in [0.15, 0.2) is 6.29 Å². The van der Waals surface area contributed by atoms with Crippen LogP contribution in [0.1, 0.15) is 14.3 Å². The van der Waals surface area contributed by atoms with Gasteiger partial charge < -0.3 is 67.0 Å². The summed E-state index contributed by atoms with van der Waals surface area (Å²) < 4.78 is 20.9. The second-order valence-corrected chi connectivity index (χ2v) is 7.55. The summed E-state index contributed by atoms with van der Waals surface area (Å²) >= 11 is 0. The number of hydrogen-bond donors (Lipinski definition) is 9. The van der Waals surface area contributed by atoms with Crippen molar-refractivity contribution in [3.05, 3.63) is 0 Å². The number of carbonyl (C=O) groups excluding carboxylic acids is 1. The molecule has 2 aliphatic heterocycles. The summed E-state index contributed by atoms with van der Waals surface area (Å²) in [5.74, 6) is -4.69. The van der Waals surface area contributed by atoms with Crippen molar-refractivity contribution >= 4 is 11.9 Å². The molecule has 2 fully saturated rings. The van der Waals surface area contributed by atoms with Crippen LogP contribution < -0.4 is 35.3 Å². The van der Waals surface area contributed by atoms with Gasteiger partial charge in [-0.25, -0.2) is 0 Å². The fourth-order valence-corrected chi connectivity index (χ4v) is 3.27. The minimum absolute atomic E-state index is 0. The van der Waals surface area contributed by atoms with Crippen LogP contribution in [0.5, 0.6) is 0 Å². The first kappa shape index (κ1) is 30.5. The molecule has 2 saturated heterocycles. The van der Waals surface area contributed by atoms with Gasteiger partial charge >= 0.3 is 41.5 Å². The number of nitrogens with two attached hydrogens (primary N) is 1. The Labute approximate surface area is 211 Å². The zero-order chi connectivity index (χ0) is 24.2. The van der Waals surface area contributed by atoms with Crippen LogP contribution in [0.2, 0.25) is 0 Å². The summed E-state index contributed by atoms with van der Waals surface area (Å²) in [5.41, 5.74) is 5.31. The van der Waals surface area contributed by atoms with E-state index < -0.39 is 99.0 Å². The zero-order valence-corrected chi connectivity index (χ0v) is 19.8. The van der Waals surface area contributed by atoms with Crippen LogP contribution in [0.3, 0.4) is 0 Å². The quantitative estimate of drug-likeness (QED) is 0.101. The molecule has 2 rings (SSSR count). The van der Waals surface area contributed by atoms with E-state index in [1.165, 1.54) is 0 Å². The predicted octanol–water partition coefficient (Wildman–Crippen LogP) is -8.54. The van der Waals surface area contributed by atoms with E-state index in [4.69, 9.17) is 29.8 Å². The maximum atomic E-state index is 12.0. The SMILES string of the molecule is N[C@@H](CCC(=O)OC[C@@]1(O[C@H]2O[C@H](CO)[C@@H](O)[C@H](O)[C@H]2O)O[C@H](CO)[C@@H](O)[C@@H]1O)C(=O)O.[H-].[Na+]. The third kappa shape index (κ3) is 7.02. The number of carbonyl (C=O) groups is 2. The molecule has 0 aromatic carbocycles. The van der Waals surface area contributed by atoms with Crippen LogP contribution in [0.25, 0.3) is 0 Å². The minimum atomic E-state index is -2.40. The van der Waals surface area contributed by atoms with Crippen molar-refractivity contribution in [3.8, 4) is 0 Å². The van der Waals surface area contributed by atoms with Gasteiger partial charge in [-0.15, -0.1) is 0 Å². The third-order valence-electron chi connectivity index (χ3n) is 5.26. The van der Waals surface area contributed by atoms with Crippen LogP contribution in [0.4, 0.5) is 0 Å². The van der Waals surface area contributed by atoms with Crippen LogP contribution in [0.15, 0.2) is 0 Å². The molecule has 0 aromatic heterocycles. The zero-order valence-electron chi connectivity index (χ0n) is 18.8. The molecule has 10 atom stereocenters. The average molecular weight is 495 g/mol. The predicted molar refractivity (Wildman–Crippen MR) is 98.5 cm³/mol. The van der Waals surface area contributed by atoms with E-state index >= 15 is 0 Å². The first-order valence-corrected chi connectivity index (χ1v) is 9.74. The molecule has 0 unspecified atom stereocenters. The van der Waals surface area contributed by atoms with Crippen molar-refractivity contribution in [1.29, 1.82) is 0 Å². The maximum absolute atomic E-state index is 12.0. The van der Waals surface area contributed by atoms with Gasteiger partial charge in [-0.05, 0) is 6.42 Å². The molecule has 15 nitrogen and oxygen atoms in total. The first-order valence-electron chi connectivity index (χ1n) is 9.74. The van der Waals surface area contributed by atoms with Crippen molar-refractivity contribution in [1.82, 2.24) is 0 Å². The summed E-state index contributed by atoms with van der Waals surface area (Å²) in [6.07, 6.45) is -14.4. The molecular formula is C17H30NNaO14. The van der Waals surface area contributed by atoms with E-state index in [1.807, 2.05) is 0 Å². The smallest absolute Gasteiger partial charge is 1.00 e. The Morgan fingerprint density at radius 2 is 1.61 bits per heavy atom. The summed E-state index contributed by atoms with van der Waals surface area (Å²) in [6.45, 7) is -2.46. The Hall–Kier alpha value is -0.500. The van der Waals surface area contributed by atoms with Gasteiger partial charge in [0, 0.05) is 6.42 Å². The topological polar surface area (TPSA) is 259 Å². The Morgan fingerprint density at radius 3 is 2.12 bits per heavy atom. The Kier molecular flexibility index (Phi) is 12.0. The fourth-order valence-electron chi connectivity index (χ4n) is 3.27. The average Bonchev–Trinajstić information content (AvgIpc) is 3.01. The third-order valence-corrected chi connectivity index (χ3v) is 5.26. The van der Waals surface area contributed by atoms with Crippen molar-refractivity contribution in [3.63, 3.8) is 0 Å². The van der Waals surface area contributed by atoms with Gasteiger partial charge in [0.25, 0.3) is 0 Å². The van der Waals surface area contributed by atoms with Crippen molar-refractivity contribution in [2.75, 3.05) is 19.8 Å². The first-order chi connectivity index (χ1) is 15.0. The number of aliphatic hydroxyl groups is 7. The van der Waals surface area contributed by atoms with E-state index in [0.717, 1.165) is 0 Å². The Bertz CT molecular complexity index is 662. The standard InChI is InChI=1S/C17H29NO14.Na.H/c18-6(15(27)28)1-2-9(21)29-5-17(14(26)11(23)8(4-20)31-17)32-16-13(25)12(24)10(22)7(3-19)30-16;;/h6-8,10-14,16,19-20,22-26H,1-5,18H2,(H,27,28);;/q;+1;-1/t6-,7+,8+,10+,11+,12-,13+,14-,16+,17-;;/m0../s1. The van der Waals surface area contributed by atoms with Gasteiger partial charge in [-0.3, -0.25) is 9.59 Å². The number of carboxylic acids is 1. The molecular weight excluding hydrogens is 465 g/mol. The van der Waals surface area contributed by atoms with Crippen LogP contribution >= 0.6 is 0 Å².